The summed E-state index contributed by atoms with van der Waals surface area (Å²) in [6.07, 6.45) is 4.66. The van der Waals surface area contributed by atoms with Crippen LogP contribution in [0.5, 0.6) is 5.75 Å². The van der Waals surface area contributed by atoms with Crippen LogP contribution in [-0.4, -0.2) is 19.7 Å². The van der Waals surface area contributed by atoms with E-state index in [-0.39, 0.29) is 18.1 Å². The number of halogens is 2. The Morgan fingerprint density at radius 3 is 2.81 bits per heavy atom. The first kappa shape index (κ1) is 17.2. The zero-order valence-electron chi connectivity index (χ0n) is 14.4. The van der Waals surface area contributed by atoms with Gasteiger partial charge in [-0.25, -0.2) is 14.4 Å². The molecule has 0 saturated heterocycles. The van der Waals surface area contributed by atoms with Crippen molar-refractivity contribution in [2.45, 2.75) is 6.61 Å². The summed E-state index contributed by atoms with van der Waals surface area (Å²) < 4.78 is 20.8. The lowest BCUT2D eigenvalue weighted by molar-refractivity contribution is 0.294. The highest BCUT2D eigenvalue weighted by Gasteiger charge is 2.09. The fourth-order valence-electron chi connectivity index (χ4n) is 2.69. The van der Waals surface area contributed by atoms with Crippen molar-refractivity contribution in [1.29, 1.82) is 0 Å². The summed E-state index contributed by atoms with van der Waals surface area (Å²) in [5, 5.41) is 9.55. The molecule has 0 aliphatic heterocycles. The molecule has 3 aromatic heterocycles. The monoisotopic (exact) mass is 383 g/mol. The first-order valence-corrected chi connectivity index (χ1v) is 8.54. The fourth-order valence-corrected chi connectivity index (χ4v) is 2.80. The average Bonchev–Trinajstić information content (AvgIpc) is 2.99. The molecule has 6 nitrogen and oxygen atoms in total. The molecule has 0 bridgehead atoms. The predicted molar refractivity (Wildman–Crippen MR) is 102 cm³/mol. The molecule has 0 amide bonds. The van der Waals surface area contributed by atoms with Crippen LogP contribution in [0.15, 0.2) is 55.0 Å². The number of aromatic nitrogens is 4. The zero-order valence-corrected chi connectivity index (χ0v) is 15.1. The minimum atomic E-state index is -0.384. The zero-order chi connectivity index (χ0) is 18.8. The highest BCUT2D eigenvalue weighted by atomic mass is 35.5. The van der Waals surface area contributed by atoms with Gasteiger partial charge in [-0.1, -0.05) is 11.6 Å². The van der Waals surface area contributed by atoms with Crippen molar-refractivity contribution in [3.05, 3.63) is 71.7 Å². The van der Waals surface area contributed by atoms with Crippen LogP contribution in [0.2, 0.25) is 5.15 Å². The van der Waals surface area contributed by atoms with E-state index in [0.717, 1.165) is 16.5 Å². The lowest BCUT2D eigenvalue weighted by Gasteiger charge is -2.10. The van der Waals surface area contributed by atoms with Gasteiger partial charge in [0.1, 0.15) is 29.0 Å². The fraction of sp³-hybridized carbons (Fsp3) is 0.105. The summed E-state index contributed by atoms with van der Waals surface area (Å²) in [5.74, 6) is 0.933. The van der Waals surface area contributed by atoms with Crippen LogP contribution in [0.4, 0.5) is 15.9 Å². The molecule has 8 heteroatoms. The van der Waals surface area contributed by atoms with Crippen molar-refractivity contribution in [3.63, 3.8) is 0 Å². The van der Waals surface area contributed by atoms with Crippen molar-refractivity contribution < 1.29 is 9.13 Å². The number of aryl methyl sites for hydroxylation is 1. The van der Waals surface area contributed by atoms with Crippen molar-refractivity contribution in [2.75, 3.05) is 5.32 Å². The van der Waals surface area contributed by atoms with E-state index in [1.165, 1.54) is 10.9 Å². The number of fused-ring (bicyclic) bond motifs is 1. The molecule has 0 radical (unpaired) electrons. The molecular formula is C19H15ClFN5O. The molecule has 0 fully saturated rings. The normalized spacial score (nSPS) is 10.9. The van der Waals surface area contributed by atoms with Gasteiger partial charge in [-0.05, 0) is 41.8 Å². The Labute approximate surface area is 159 Å². The summed E-state index contributed by atoms with van der Waals surface area (Å²) >= 11 is 5.81. The van der Waals surface area contributed by atoms with Gasteiger partial charge in [-0.2, -0.15) is 5.10 Å². The average molecular weight is 384 g/mol. The second kappa shape index (κ2) is 7.20. The van der Waals surface area contributed by atoms with Crippen molar-refractivity contribution >= 4 is 33.9 Å². The van der Waals surface area contributed by atoms with E-state index < -0.39 is 0 Å². The minimum absolute atomic E-state index is 0.0603. The van der Waals surface area contributed by atoms with E-state index in [0.29, 0.717) is 16.7 Å². The van der Waals surface area contributed by atoms with Crippen LogP contribution in [0.1, 0.15) is 5.69 Å². The number of ether oxygens (including phenoxy) is 1. The summed E-state index contributed by atoms with van der Waals surface area (Å²) in [6, 6.07) is 11.0. The molecule has 1 aromatic carbocycles. The van der Waals surface area contributed by atoms with Crippen molar-refractivity contribution in [3.8, 4) is 5.75 Å². The van der Waals surface area contributed by atoms with Gasteiger partial charge in [0, 0.05) is 18.6 Å². The largest absolute Gasteiger partial charge is 0.487 e. The van der Waals surface area contributed by atoms with Gasteiger partial charge in [-0.15, -0.1) is 0 Å². The molecule has 4 aromatic rings. The second-order valence-electron chi connectivity index (χ2n) is 5.92. The quantitative estimate of drug-likeness (QED) is 0.515. The highest BCUT2D eigenvalue weighted by Crippen LogP contribution is 2.28. The number of hydrogen-bond donors (Lipinski definition) is 1. The lowest BCUT2D eigenvalue weighted by atomic mass is 10.1. The third kappa shape index (κ3) is 3.83. The van der Waals surface area contributed by atoms with Crippen LogP contribution in [0.3, 0.4) is 0 Å². The smallest absolute Gasteiger partial charge is 0.167 e. The molecule has 1 N–H and O–H groups in total. The van der Waals surface area contributed by atoms with Gasteiger partial charge in [0.25, 0.3) is 0 Å². The predicted octanol–water partition coefficient (Wildman–Crippen LogP) is 4.48. The Balaban J connectivity index is 1.56. The summed E-state index contributed by atoms with van der Waals surface area (Å²) in [6.45, 7) is 0.0603. The molecular weight excluding hydrogens is 369 g/mol. The second-order valence-corrected chi connectivity index (χ2v) is 6.31. The van der Waals surface area contributed by atoms with E-state index in [1.807, 2.05) is 30.3 Å². The Bertz CT molecular complexity index is 1100. The molecule has 27 heavy (non-hydrogen) atoms. The molecule has 4 rings (SSSR count). The van der Waals surface area contributed by atoms with Gasteiger partial charge in [0.05, 0.1) is 18.1 Å². The Kier molecular flexibility index (Phi) is 4.60. The van der Waals surface area contributed by atoms with Crippen LogP contribution in [0, 0.1) is 5.82 Å². The molecule has 136 valence electrons. The third-order valence-electron chi connectivity index (χ3n) is 3.96. The van der Waals surface area contributed by atoms with Crippen LogP contribution >= 0.6 is 11.6 Å². The topological polar surface area (TPSA) is 64.9 Å². The number of nitrogens with one attached hydrogen (secondary N) is 1. The molecule has 0 saturated carbocycles. The summed E-state index contributed by atoms with van der Waals surface area (Å²) in [4.78, 5) is 8.44. The maximum Gasteiger partial charge on any atom is 0.167 e. The van der Waals surface area contributed by atoms with E-state index in [4.69, 9.17) is 16.3 Å². The first-order valence-electron chi connectivity index (χ1n) is 8.17. The van der Waals surface area contributed by atoms with E-state index >= 15 is 0 Å². The minimum Gasteiger partial charge on any atom is -0.487 e. The van der Waals surface area contributed by atoms with E-state index in [2.05, 4.69) is 20.4 Å². The Hall–Kier alpha value is -3.19. The van der Waals surface area contributed by atoms with Crippen LogP contribution in [0.25, 0.3) is 10.8 Å². The van der Waals surface area contributed by atoms with Gasteiger partial charge in [0.15, 0.2) is 5.82 Å². The van der Waals surface area contributed by atoms with Crippen molar-refractivity contribution in [2.24, 2.45) is 7.05 Å². The standard InChI is InChI=1S/C19H15ClFN5O/c1-26-10-16(21)17(25-26)11-27-14-3-4-15-12(8-14)6-7-22-19(15)24-13-2-5-18(20)23-9-13/h2-10H,11H2,1H3,(H,22,24). The van der Waals surface area contributed by atoms with Gasteiger partial charge in [-0.3, -0.25) is 4.68 Å². The first-order chi connectivity index (χ1) is 13.1. The Morgan fingerprint density at radius 2 is 2.07 bits per heavy atom. The number of pyridine rings is 2. The van der Waals surface area contributed by atoms with E-state index in [9.17, 15) is 4.39 Å². The van der Waals surface area contributed by atoms with Crippen molar-refractivity contribution in [1.82, 2.24) is 19.7 Å². The molecule has 0 atom stereocenters. The van der Waals surface area contributed by atoms with Gasteiger partial charge in [0.2, 0.25) is 0 Å². The summed E-state index contributed by atoms with van der Waals surface area (Å²) in [5.41, 5.74) is 1.05. The maximum atomic E-state index is 13.7. The number of nitrogens with zero attached hydrogens (tertiary/aromatic N) is 4. The van der Waals surface area contributed by atoms with Crippen LogP contribution in [-0.2, 0) is 13.7 Å². The van der Waals surface area contributed by atoms with E-state index in [1.54, 1.807) is 25.5 Å². The number of benzene rings is 1. The van der Waals surface area contributed by atoms with Crippen LogP contribution < -0.4 is 10.1 Å². The molecule has 0 aliphatic carbocycles. The van der Waals surface area contributed by atoms with Gasteiger partial charge >= 0.3 is 0 Å². The SMILES string of the molecule is Cn1cc(F)c(COc2ccc3c(Nc4ccc(Cl)nc4)nccc3c2)n1. The number of hydrogen-bond acceptors (Lipinski definition) is 5. The summed E-state index contributed by atoms with van der Waals surface area (Å²) in [7, 11) is 1.67. The molecule has 0 unspecified atom stereocenters. The molecule has 0 aliphatic rings. The molecule has 3 heterocycles. The third-order valence-corrected chi connectivity index (χ3v) is 4.18. The lowest BCUT2D eigenvalue weighted by Crippen LogP contribution is -2.00. The van der Waals surface area contributed by atoms with Gasteiger partial charge < -0.3 is 10.1 Å². The Morgan fingerprint density at radius 1 is 1.19 bits per heavy atom. The highest BCUT2D eigenvalue weighted by molar-refractivity contribution is 6.29. The number of anilines is 2. The molecule has 0 spiro atoms. The maximum absolute atomic E-state index is 13.7. The number of rotatable bonds is 5.